The van der Waals surface area contributed by atoms with Gasteiger partial charge in [-0.15, -0.1) is 0 Å². The van der Waals surface area contributed by atoms with Gasteiger partial charge < -0.3 is 18.8 Å². The predicted octanol–water partition coefficient (Wildman–Crippen LogP) is 0.461. The molecule has 0 radical (unpaired) electrons. The zero-order valence-electron chi connectivity index (χ0n) is 13.7. The smallest absolute Gasteiger partial charge is 0.265 e. The molecule has 4 heterocycles. The van der Waals surface area contributed by atoms with Gasteiger partial charge in [0, 0.05) is 26.7 Å². The quantitative estimate of drug-likeness (QED) is 0.723. The van der Waals surface area contributed by atoms with E-state index in [1.165, 1.54) is 10.9 Å². The van der Waals surface area contributed by atoms with Crippen LogP contribution in [0.25, 0.3) is 22.6 Å². The molecule has 0 aliphatic carbocycles. The van der Waals surface area contributed by atoms with Crippen LogP contribution < -0.4 is 10.9 Å². The van der Waals surface area contributed by atoms with Gasteiger partial charge in [-0.05, 0) is 14.0 Å². The summed E-state index contributed by atoms with van der Waals surface area (Å²) in [4.78, 5) is 23.3. The summed E-state index contributed by atoms with van der Waals surface area (Å²) < 4.78 is 12.4. The van der Waals surface area contributed by atoms with E-state index in [2.05, 4.69) is 25.3 Å². The minimum atomic E-state index is -0.206. The number of hydrogen-bond donors (Lipinski definition) is 1. The normalized spacial score (nSPS) is 19.2. The van der Waals surface area contributed by atoms with Crippen molar-refractivity contribution in [1.82, 2.24) is 29.9 Å². The fraction of sp³-hybridized carbons (Fsp3) is 0.467. The number of nitrogens with one attached hydrogen (secondary N) is 1. The lowest BCUT2D eigenvalue weighted by Gasteiger charge is -2.30. The first-order valence-corrected chi connectivity index (χ1v) is 7.76. The molecule has 1 aliphatic rings. The topological polar surface area (TPSA) is 102 Å². The van der Waals surface area contributed by atoms with Crippen molar-refractivity contribution in [3.63, 3.8) is 0 Å². The maximum atomic E-state index is 12.5. The summed E-state index contributed by atoms with van der Waals surface area (Å²) in [5.74, 6) is 1.41. The number of rotatable bonds is 2. The first-order valence-electron chi connectivity index (χ1n) is 7.76. The van der Waals surface area contributed by atoms with Gasteiger partial charge in [-0.2, -0.15) is 4.98 Å². The summed E-state index contributed by atoms with van der Waals surface area (Å²) in [5, 5.41) is 7.79. The molecule has 3 aromatic rings. The van der Waals surface area contributed by atoms with Crippen molar-refractivity contribution in [2.45, 2.75) is 13.0 Å². The first-order chi connectivity index (χ1) is 11.6. The highest BCUT2D eigenvalue weighted by Crippen LogP contribution is 2.31. The van der Waals surface area contributed by atoms with Crippen LogP contribution in [-0.2, 0) is 7.05 Å². The van der Waals surface area contributed by atoms with E-state index in [4.69, 9.17) is 8.94 Å². The molecule has 9 heteroatoms. The molecular weight excluding hydrogens is 312 g/mol. The molecule has 0 amide bonds. The van der Waals surface area contributed by atoms with Gasteiger partial charge in [-0.25, -0.2) is 4.98 Å². The van der Waals surface area contributed by atoms with E-state index >= 15 is 0 Å². The molecule has 24 heavy (non-hydrogen) atoms. The number of aryl methyl sites for hydroxylation is 2. The largest absolute Gasteiger partial charge is 0.442 e. The zero-order valence-corrected chi connectivity index (χ0v) is 13.7. The lowest BCUT2D eigenvalue weighted by atomic mass is 10.2. The Kier molecular flexibility index (Phi) is 3.47. The van der Waals surface area contributed by atoms with Crippen molar-refractivity contribution in [3.05, 3.63) is 28.3 Å². The highest BCUT2D eigenvalue weighted by atomic mass is 16.5. The third kappa shape index (κ3) is 2.24. The van der Waals surface area contributed by atoms with E-state index < -0.39 is 0 Å². The number of likely N-dealkylation sites (N-methyl/N-ethyl adjacent to an activating group) is 1. The maximum absolute atomic E-state index is 12.5. The second-order valence-corrected chi connectivity index (χ2v) is 6.03. The highest BCUT2D eigenvalue weighted by molar-refractivity contribution is 5.90. The molecule has 1 atom stereocenters. The summed E-state index contributed by atoms with van der Waals surface area (Å²) in [5.41, 5.74) is 0.591. The Balaban J connectivity index is 1.83. The summed E-state index contributed by atoms with van der Waals surface area (Å²) in [6.07, 6.45) is 1.43. The Hall–Kier alpha value is -2.52. The maximum Gasteiger partial charge on any atom is 0.265 e. The first kappa shape index (κ1) is 15.0. The molecular formula is C15H18N6O3. The summed E-state index contributed by atoms with van der Waals surface area (Å²) in [7, 11) is 3.67. The number of aromatic nitrogens is 4. The van der Waals surface area contributed by atoms with E-state index in [-0.39, 0.29) is 23.2 Å². The number of nitrogens with zero attached hydrogens (tertiary/aromatic N) is 5. The fourth-order valence-electron chi connectivity index (χ4n) is 3.01. The van der Waals surface area contributed by atoms with E-state index in [1.807, 2.05) is 7.05 Å². The van der Waals surface area contributed by atoms with Crippen LogP contribution >= 0.6 is 0 Å². The van der Waals surface area contributed by atoms with Gasteiger partial charge in [0.15, 0.2) is 5.82 Å². The summed E-state index contributed by atoms with van der Waals surface area (Å²) in [6, 6.07) is 0.0377. The van der Waals surface area contributed by atoms with Gasteiger partial charge in [0.25, 0.3) is 11.4 Å². The second-order valence-electron chi connectivity index (χ2n) is 6.03. The van der Waals surface area contributed by atoms with Crippen molar-refractivity contribution >= 4 is 11.1 Å². The van der Waals surface area contributed by atoms with Crippen LogP contribution in [0, 0.1) is 6.92 Å². The Morgan fingerprint density at radius 1 is 1.38 bits per heavy atom. The third-order valence-electron chi connectivity index (χ3n) is 4.41. The fourth-order valence-corrected chi connectivity index (χ4v) is 3.01. The van der Waals surface area contributed by atoms with E-state index in [0.717, 1.165) is 19.6 Å². The predicted molar refractivity (Wildman–Crippen MR) is 85.5 cm³/mol. The molecule has 1 N–H and O–H groups in total. The van der Waals surface area contributed by atoms with Gasteiger partial charge in [-0.3, -0.25) is 9.69 Å². The number of piperazine rings is 1. The molecule has 0 aromatic carbocycles. The van der Waals surface area contributed by atoms with Gasteiger partial charge >= 0.3 is 0 Å². The number of furan rings is 1. The van der Waals surface area contributed by atoms with Crippen LogP contribution in [0.3, 0.4) is 0 Å². The monoisotopic (exact) mass is 330 g/mol. The van der Waals surface area contributed by atoms with Crippen LogP contribution in [0.4, 0.5) is 0 Å². The Morgan fingerprint density at radius 3 is 3.00 bits per heavy atom. The second kappa shape index (κ2) is 5.53. The number of fused-ring (bicyclic) bond motifs is 1. The van der Waals surface area contributed by atoms with Crippen LogP contribution in [-0.4, -0.2) is 51.3 Å². The van der Waals surface area contributed by atoms with Gasteiger partial charge in [0.2, 0.25) is 5.71 Å². The molecule has 1 aliphatic heterocycles. The van der Waals surface area contributed by atoms with Gasteiger partial charge in [0.05, 0.1) is 11.6 Å². The van der Waals surface area contributed by atoms with Gasteiger partial charge in [-0.1, -0.05) is 5.16 Å². The van der Waals surface area contributed by atoms with Crippen LogP contribution in [0.15, 0.2) is 20.1 Å². The van der Waals surface area contributed by atoms with Crippen molar-refractivity contribution in [1.29, 1.82) is 0 Å². The molecule has 0 saturated carbocycles. The molecule has 9 nitrogen and oxygen atoms in total. The highest BCUT2D eigenvalue weighted by Gasteiger charge is 2.28. The Labute approximate surface area is 137 Å². The van der Waals surface area contributed by atoms with Crippen molar-refractivity contribution in [2.24, 2.45) is 7.05 Å². The van der Waals surface area contributed by atoms with Gasteiger partial charge in [0.1, 0.15) is 17.5 Å². The minimum absolute atomic E-state index is 0.0377. The van der Waals surface area contributed by atoms with Crippen molar-refractivity contribution < 1.29 is 8.94 Å². The molecule has 1 unspecified atom stereocenters. The lowest BCUT2D eigenvalue weighted by molar-refractivity contribution is 0.190. The van der Waals surface area contributed by atoms with Crippen molar-refractivity contribution in [3.8, 4) is 11.5 Å². The standard InChI is InChI=1S/C15H18N6O3/c1-8-10(11-13(23-8)17-7-21(3)15(11)22)14-18-12(19-24-14)9-6-16-4-5-20(9)2/h7,9,16H,4-6H2,1-3H3. The summed E-state index contributed by atoms with van der Waals surface area (Å²) >= 11 is 0. The van der Waals surface area contributed by atoms with E-state index in [1.54, 1.807) is 14.0 Å². The zero-order chi connectivity index (χ0) is 16.8. The van der Waals surface area contributed by atoms with Crippen LogP contribution in [0.1, 0.15) is 17.6 Å². The lowest BCUT2D eigenvalue weighted by Crippen LogP contribution is -2.44. The third-order valence-corrected chi connectivity index (χ3v) is 4.41. The number of hydrogen-bond acceptors (Lipinski definition) is 8. The molecule has 0 spiro atoms. The van der Waals surface area contributed by atoms with E-state index in [9.17, 15) is 4.79 Å². The molecule has 4 rings (SSSR count). The molecule has 0 bridgehead atoms. The molecule has 1 fully saturated rings. The SMILES string of the molecule is Cc1oc2ncn(C)c(=O)c2c1-c1nc(C2CNCCN2C)no1. The average molecular weight is 330 g/mol. The van der Waals surface area contributed by atoms with Crippen LogP contribution in [0.5, 0.6) is 0 Å². The molecule has 126 valence electrons. The Morgan fingerprint density at radius 2 is 2.21 bits per heavy atom. The summed E-state index contributed by atoms with van der Waals surface area (Å²) in [6.45, 7) is 4.36. The van der Waals surface area contributed by atoms with Crippen LogP contribution in [0.2, 0.25) is 0 Å². The minimum Gasteiger partial charge on any atom is -0.442 e. The van der Waals surface area contributed by atoms with E-state index in [0.29, 0.717) is 22.5 Å². The van der Waals surface area contributed by atoms with Crippen molar-refractivity contribution in [2.75, 3.05) is 26.7 Å². The average Bonchev–Trinajstić information content (AvgIpc) is 3.15. The Bertz CT molecular complexity index is 956. The molecule has 1 saturated heterocycles. The molecule has 3 aromatic heterocycles.